The third kappa shape index (κ3) is 2.80. The van der Waals surface area contributed by atoms with Gasteiger partial charge in [0.15, 0.2) is 0 Å². The van der Waals surface area contributed by atoms with Crippen LogP contribution in [0, 0.1) is 28.6 Å². The highest BCUT2D eigenvalue weighted by Gasteiger charge is 2.57. The molecule has 2 fully saturated rings. The summed E-state index contributed by atoms with van der Waals surface area (Å²) in [5, 5.41) is 11.0. The van der Waals surface area contributed by atoms with Crippen molar-refractivity contribution < 1.29 is 5.11 Å². The maximum Gasteiger partial charge on any atom is 0.0653 e. The molecule has 2 rings (SSSR count). The van der Waals surface area contributed by atoms with Gasteiger partial charge in [-0.05, 0) is 67.6 Å². The fourth-order valence-electron chi connectivity index (χ4n) is 5.77. The van der Waals surface area contributed by atoms with E-state index < -0.39 is 5.60 Å². The van der Waals surface area contributed by atoms with Gasteiger partial charge in [0.05, 0.1) is 5.60 Å². The molecule has 0 aliphatic heterocycles. The van der Waals surface area contributed by atoms with E-state index in [9.17, 15) is 5.11 Å². The van der Waals surface area contributed by atoms with Crippen molar-refractivity contribution in [3.8, 4) is 0 Å². The fourth-order valence-corrected chi connectivity index (χ4v) is 5.77. The van der Waals surface area contributed by atoms with Crippen LogP contribution in [0.5, 0.6) is 0 Å². The highest BCUT2D eigenvalue weighted by atomic mass is 16.3. The minimum atomic E-state index is -0.451. The lowest BCUT2D eigenvalue weighted by molar-refractivity contribution is -0.170. The quantitative estimate of drug-likeness (QED) is 0.732. The molecule has 4 atom stereocenters. The topological polar surface area (TPSA) is 20.2 Å². The molecule has 20 heavy (non-hydrogen) atoms. The summed E-state index contributed by atoms with van der Waals surface area (Å²) in [6.45, 7) is 14.2. The van der Waals surface area contributed by atoms with Gasteiger partial charge in [-0.1, -0.05) is 47.5 Å². The Labute approximate surface area is 126 Å². The van der Waals surface area contributed by atoms with E-state index in [0.717, 1.165) is 18.3 Å². The molecule has 1 heteroatoms. The van der Waals surface area contributed by atoms with Crippen LogP contribution in [0.2, 0.25) is 0 Å². The molecule has 0 bridgehead atoms. The lowest BCUT2D eigenvalue weighted by Gasteiger charge is -2.61. The Morgan fingerprint density at radius 3 is 2.30 bits per heavy atom. The Morgan fingerprint density at radius 2 is 1.70 bits per heavy atom. The van der Waals surface area contributed by atoms with Gasteiger partial charge in [-0.15, -0.1) is 0 Å². The zero-order valence-corrected chi connectivity index (χ0v) is 14.6. The zero-order valence-electron chi connectivity index (χ0n) is 14.6. The molecule has 0 radical (unpaired) electrons. The van der Waals surface area contributed by atoms with E-state index in [4.69, 9.17) is 0 Å². The molecule has 118 valence electrons. The molecule has 2 saturated carbocycles. The molecule has 0 heterocycles. The van der Waals surface area contributed by atoms with Crippen LogP contribution in [0.1, 0.15) is 86.5 Å². The van der Waals surface area contributed by atoms with Crippen LogP contribution in [-0.2, 0) is 0 Å². The SMILES string of the molecule is CC(C)CC[C@@H]1[C@@]2(C)CCCC(C)(C)[C@H]2CC[C@@]1(C)O. The maximum absolute atomic E-state index is 11.0. The van der Waals surface area contributed by atoms with E-state index in [2.05, 4.69) is 41.5 Å². The Balaban J connectivity index is 2.28. The third-order valence-corrected chi connectivity index (χ3v) is 6.79. The van der Waals surface area contributed by atoms with Gasteiger partial charge in [0.1, 0.15) is 0 Å². The Kier molecular flexibility index (Phi) is 4.33. The van der Waals surface area contributed by atoms with Crippen LogP contribution >= 0.6 is 0 Å². The van der Waals surface area contributed by atoms with E-state index in [-0.39, 0.29) is 0 Å². The third-order valence-electron chi connectivity index (χ3n) is 6.79. The summed E-state index contributed by atoms with van der Waals surface area (Å²) in [5.41, 5.74) is 0.353. The molecule has 0 aromatic heterocycles. The molecule has 0 spiro atoms. The van der Waals surface area contributed by atoms with Gasteiger partial charge in [-0.2, -0.15) is 0 Å². The molecule has 0 amide bonds. The zero-order chi connectivity index (χ0) is 15.2. The normalized spacial score (nSPS) is 44.4. The van der Waals surface area contributed by atoms with E-state index in [1.54, 1.807) is 0 Å². The molecule has 0 aromatic carbocycles. The van der Waals surface area contributed by atoms with Crippen molar-refractivity contribution in [2.75, 3.05) is 0 Å². The van der Waals surface area contributed by atoms with Crippen LogP contribution in [0.25, 0.3) is 0 Å². The van der Waals surface area contributed by atoms with Gasteiger partial charge < -0.3 is 5.11 Å². The molecular formula is C19H36O. The highest BCUT2D eigenvalue weighted by Crippen LogP contribution is 2.62. The van der Waals surface area contributed by atoms with Crippen LogP contribution in [0.4, 0.5) is 0 Å². The fraction of sp³-hybridized carbons (Fsp3) is 1.00. The van der Waals surface area contributed by atoms with E-state index in [1.165, 1.54) is 38.5 Å². The summed E-state index contributed by atoms with van der Waals surface area (Å²) in [5.74, 6) is 2.02. The highest BCUT2D eigenvalue weighted by molar-refractivity contribution is 5.07. The van der Waals surface area contributed by atoms with Crippen molar-refractivity contribution in [3.63, 3.8) is 0 Å². The van der Waals surface area contributed by atoms with Crippen molar-refractivity contribution in [1.82, 2.24) is 0 Å². The Morgan fingerprint density at radius 1 is 1.05 bits per heavy atom. The van der Waals surface area contributed by atoms with Crippen LogP contribution in [-0.4, -0.2) is 10.7 Å². The van der Waals surface area contributed by atoms with Gasteiger partial charge in [0, 0.05) is 0 Å². The lowest BCUT2D eigenvalue weighted by Crippen LogP contribution is -2.57. The Hall–Kier alpha value is -0.0400. The molecule has 0 aromatic rings. The first-order chi connectivity index (χ1) is 9.09. The first-order valence-corrected chi connectivity index (χ1v) is 8.82. The first kappa shape index (κ1) is 16.3. The predicted octanol–water partition coefficient (Wildman–Crippen LogP) is 5.42. The summed E-state index contributed by atoms with van der Waals surface area (Å²) in [7, 11) is 0. The first-order valence-electron chi connectivity index (χ1n) is 8.82. The number of aliphatic hydroxyl groups is 1. The smallest absolute Gasteiger partial charge is 0.0653 e. The summed E-state index contributed by atoms with van der Waals surface area (Å²) < 4.78 is 0. The number of hydrogen-bond acceptors (Lipinski definition) is 1. The number of fused-ring (bicyclic) bond motifs is 1. The van der Waals surface area contributed by atoms with Gasteiger partial charge in [-0.25, -0.2) is 0 Å². The van der Waals surface area contributed by atoms with E-state index in [0.29, 0.717) is 16.7 Å². The summed E-state index contributed by atoms with van der Waals surface area (Å²) in [6.07, 6.45) is 8.70. The monoisotopic (exact) mass is 280 g/mol. The van der Waals surface area contributed by atoms with Gasteiger partial charge >= 0.3 is 0 Å². The van der Waals surface area contributed by atoms with Crippen molar-refractivity contribution in [3.05, 3.63) is 0 Å². The summed E-state index contributed by atoms with van der Waals surface area (Å²) >= 11 is 0. The largest absolute Gasteiger partial charge is 0.390 e. The van der Waals surface area contributed by atoms with Crippen molar-refractivity contribution in [1.29, 1.82) is 0 Å². The second kappa shape index (κ2) is 5.30. The van der Waals surface area contributed by atoms with E-state index >= 15 is 0 Å². The van der Waals surface area contributed by atoms with E-state index in [1.807, 2.05) is 0 Å². The standard InChI is InChI=1S/C19H36O/c1-14(2)8-9-16-18(5)12-7-11-17(3,4)15(18)10-13-19(16,6)20/h14-16,20H,7-13H2,1-6H3/t15-,16-,18+,19-/m1/s1. The molecule has 0 saturated heterocycles. The van der Waals surface area contributed by atoms with Gasteiger partial charge in [-0.3, -0.25) is 0 Å². The molecule has 1 nitrogen and oxygen atoms in total. The number of hydrogen-bond donors (Lipinski definition) is 1. The minimum absolute atomic E-state index is 0.346. The lowest BCUT2D eigenvalue weighted by atomic mass is 9.45. The molecule has 2 aliphatic rings. The summed E-state index contributed by atoms with van der Waals surface area (Å²) in [4.78, 5) is 0. The maximum atomic E-state index is 11.0. The second-order valence-electron chi connectivity index (χ2n) is 9.32. The molecular weight excluding hydrogens is 244 g/mol. The summed E-state index contributed by atoms with van der Waals surface area (Å²) in [6, 6.07) is 0. The predicted molar refractivity (Wildman–Crippen MR) is 86.6 cm³/mol. The van der Waals surface area contributed by atoms with Gasteiger partial charge in [0.25, 0.3) is 0 Å². The van der Waals surface area contributed by atoms with Crippen molar-refractivity contribution >= 4 is 0 Å². The van der Waals surface area contributed by atoms with Crippen molar-refractivity contribution in [2.45, 2.75) is 92.1 Å². The van der Waals surface area contributed by atoms with Crippen LogP contribution in [0.3, 0.4) is 0 Å². The molecule has 2 aliphatic carbocycles. The van der Waals surface area contributed by atoms with Crippen molar-refractivity contribution in [2.24, 2.45) is 28.6 Å². The van der Waals surface area contributed by atoms with Crippen LogP contribution < -0.4 is 0 Å². The molecule has 1 N–H and O–H groups in total. The van der Waals surface area contributed by atoms with Gasteiger partial charge in [0.2, 0.25) is 0 Å². The van der Waals surface area contributed by atoms with Crippen LogP contribution in [0.15, 0.2) is 0 Å². The second-order valence-corrected chi connectivity index (χ2v) is 9.32. The Bertz CT molecular complexity index is 342. The number of rotatable bonds is 3. The minimum Gasteiger partial charge on any atom is -0.390 e. The average Bonchev–Trinajstić information content (AvgIpc) is 2.25. The molecule has 0 unspecified atom stereocenters. The average molecular weight is 280 g/mol.